The Hall–Kier alpha value is -2.40. The molecule has 29 heavy (non-hydrogen) atoms. The average molecular weight is 419 g/mol. The van der Waals surface area contributed by atoms with Crippen molar-refractivity contribution in [3.8, 4) is 0 Å². The van der Waals surface area contributed by atoms with E-state index in [9.17, 15) is 14.0 Å². The van der Waals surface area contributed by atoms with Gasteiger partial charge in [-0.3, -0.25) is 9.59 Å². The lowest BCUT2D eigenvalue weighted by Crippen LogP contribution is -2.50. The smallest absolute Gasteiger partial charge is 0.243 e. The maximum Gasteiger partial charge on any atom is 0.243 e. The van der Waals surface area contributed by atoms with Gasteiger partial charge in [-0.25, -0.2) is 4.39 Å². The van der Waals surface area contributed by atoms with E-state index in [1.165, 1.54) is 17.0 Å². The second-order valence-corrected chi connectivity index (χ2v) is 7.88. The minimum Gasteiger partial charge on any atom is -0.352 e. The Morgan fingerprint density at radius 3 is 2.45 bits per heavy atom. The van der Waals surface area contributed by atoms with Crippen molar-refractivity contribution >= 4 is 23.4 Å². The van der Waals surface area contributed by atoms with Gasteiger partial charge in [-0.15, -0.1) is 0 Å². The molecular weight excluding hydrogens is 391 g/mol. The van der Waals surface area contributed by atoms with E-state index in [1.807, 2.05) is 52.0 Å². The number of carbonyl (C=O) groups is 2. The third-order valence-electron chi connectivity index (χ3n) is 4.64. The molecule has 1 N–H and O–H groups in total. The van der Waals surface area contributed by atoms with Gasteiger partial charge in [-0.2, -0.15) is 0 Å². The summed E-state index contributed by atoms with van der Waals surface area (Å²) >= 11 is 6.11. The van der Waals surface area contributed by atoms with E-state index >= 15 is 0 Å². The number of benzene rings is 2. The highest BCUT2D eigenvalue weighted by atomic mass is 35.5. The monoisotopic (exact) mass is 418 g/mol. The Morgan fingerprint density at radius 2 is 1.86 bits per heavy atom. The summed E-state index contributed by atoms with van der Waals surface area (Å²) in [6.45, 7) is 7.83. The van der Waals surface area contributed by atoms with E-state index in [0.29, 0.717) is 6.42 Å². The van der Waals surface area contributed by atoms with E-state index in [-0.39, 0.29) is 41.4 Å². The highest BCUT2D eigenvalue weighted by Crippen LogP contribution is 2.22. The van der Waals surface area contributed by atoms with Crippen LogP contribution in [0.3, 0.4) is 0 Å². The maximum atomic E-state index is 14.2. The lowest BCUT2D eigenvalue weighted by atomic mass is 10.0. The van der Waals surface area contributed by atoms with Gasteiger partial charge in [0.1, 0.15) is 11.9 Å². The van der Waals surface area contributed by atoms with Crippen LogP contribution in [0.5, 0.6) is 0 Å². The molecule has 2 rings (SSSR count). The van der Waals surface area contributed by atoms with Gasteiger partial charge < -0.3 is 10.2 Å². The highest BCUT2D eigenvalue weighted by Gasteiger charge is 2.29. The molecule has 0 aromatic heterocycles. The zero-order valence-electron chi connectivity index (χ0n) is 17.3. The van der Waals surface area contributed by atoms with E-state index in [0.717, 1.165) is 11.1 Å². The second-order valence-electron chi connectivity index (χ2n) is 7.48. The number of halogens is 2. The van der Waals surface area contributed by atoms with Crippen molar-refractivity contribution in [2.24, 2.45) is 0 Å². The van der Waals surface area contributed by atoms with Crippen LogP contribution in [0.25, 0.3) is 0 Å². The fourth-order valence-electron chi connectivity index (χ4n) is 3.26. The number of carbonyl (C=O) groups excluding carboxylic acids is 2. The highest BCUT2D eigenvalue weighted by molar-refractivity contribution is 6.31. The van der Waals surface area contributed by atoms with E-state index in [1.54, 1.807) is 6.07 Å². The molecule has 6 heteroatoms. The van der Waals surface area contributed by atoms with Crippen molar-refractivity contribution in [1.29, 1.82) is 0 Å². The van der Waals surface area contributed by atoms with E-state index < -0.39 is 11.9 Å². The Labute approximate surface area is 177 Å². The number of hydrogen-bond donors (Lipinski definition) is 1. The predicted molar refractivity (Wildman–Crippen MR) is 114 cm³/mol. The van der Waals surface area contributed by atoms with Gasteiger partial charge in [-0.1, -0.05) is 54.4 Å². The molecule has 4 nitrogen and oxygen atoms in total. The number of nitrogens with zero attached hydrogens (tertiary/aromatic N) is 1. The molecule has 0 aliphatic carbocycles. The molecule has 0 bridgehead atoms. The van der Waals surface area contributed by atoms with Gasteiger partial charge in [0.15, 0.2) is 0 Å². The van der Waals surface area contributed by atoms with Crippen LogP contribution in [-0.2, 0) is 22.6 Å². The molecule has 0 saturated carbocycles. The molecule has 0 radical (unpaired) electrons. The van der Waals surface area contributed by atoms with Crippen molar-refractivity contribution in [3.05, 3.63) is 70.0 Å². The maximum absolute atomic E-state index is 14.2. The summed E-state index contributed by atoms with van der Waals surface area (Å²) in [6.07, 6.45) is 0.240. The lowest BCUT2D eigenvalue weighted by Gasteiger charge is -2.31. The first-order valence-electron chi connectivity index (χ1n) is 9.81. The summed E-state index contributed by atoms with van der Waals surface area (Å²) in [5, 5.41) is 3.08. The largest absolute Gasteiger partial charge is 0.352 e. The van der Waals surface area contributed by atoms with E-state index in [4.69, 9.17) is 11.6 Å². The number of aryl methyl sites for hydroxylation is 1. The van der Waals surface area contributed by atoms with Crippen molar-refractivity contribution in [2.45, 2.75) is 59.2 Å². The molecule has 0 unspecified atom stereocenters. The van der Waals surface area contributed by atoms with Gasteiger partial charge in [0.25, 0.3) is 0 Å². The summed E-state index contributed by atoms with van der Waals surface area (Å²) in [6, 6.07) is 11.4. The molecule has 0 spiro atoms. The molecular formula is C23H28ClFN2O2. The number of nitrogens with one attached hydrogen (secondary N) is 1. The van der Waals surface area contributed by atoms with Gasteiger partial charge in [0.05, 0.1) is 6.42 Å². The topological polar surface area (TPSA) is 49.4 Å². The first kappa shape index (κ1) is 22.9. The molecule has 0 aliphatic rings. The quantitative estimate of drug-likeness (QED) is 0.677. The van der Waals surface area contributed by atoms with Gasteiger partial charge in [0.2, 0.25) is 11.8 Å². The minimum atomic E-state index is -0.657. The Morgan fingerprint density at radius 1 is 1.17 bits per heavy atom. The van der Waals surface area contributed by atoms with E-state index in [2.05, 4.69) is 5.32 Å². The molecule has 0 aliphatic heterocycles. The summed E-state index contributed by atoms with van der Waals surface area (Å²) in [5.74, 6) is -1.09. The molecule has 1 atom stereocenters. The van der Waals surface area contributed by atoms with Crippen molar-refractivity contribution < 1.29 is 14.0 Å². The zero-order chi connectivity index (χ0) is 21.6. The normalized spacial score (nSPS) is 12.0. The fraction of sp³-hybridized carbons (Fsp3) is 0.391. The van der Waals surface area contributed by atoms with Gasteiger partial charge in [-0.05, 0) is 44.9 Å². The van der Waals surface area contributed by atoms with Crippen LogP contribution in [0.4, 0.5) is 4.39 Å². The predicted octanol–water partition coefficient (Wildman–Crippen LogP) is 4.66. The Bertz CT molecular complexity index is 849. The van der Waals surface area contributed by atoms with Crippen LogP contribution in [0.2, 0.25) is 5.02 Å². The minimum absolute atomic E-state index is 0.0477. The molecule has 0 heterocycles. The lowest BCUT2D eigenvalue weighted by molar-refractivity contribution is -0.141. The first-order chi connectivity index (χ1) is 13.7. The van der Waals surface area contributed by atoms with Crippen LogP contribution >= 0.6 is 11.6 Å². The molecule has 2 amide bonds. The van der Waals surface area contributed by atoms with Gasteiger partial charge >= 0.3 is 0 Å². The van der Waals surface area contributed by atoms with Crippen LogP contribution in [-0.4, -0.2) is 28.8 Å². The summed E-state index contributed by atoms with van der Waals surface area (Å²) in [5.41, 5.74) is 2.12. The Kier molecular flexibility index (Phi) is 8.21. The number of amides is 2. The van der Waals surface area contributed by atoms with Crippen molar-refractivity contribution in [3.63, 3.8) is 0 Å². The molecule has 156 valence electrons. The third kappa shape index (κ3) is 6.29. The van der Waals surface area contributed by atoms with Crippen LogP contribution in [0, 0.1) is 12.7 Å². The summed E-state index contributed by atoms with van der Waals surface area (Å²) in [4.78, 5) is 27.5. The van der Waals surface area contributed by atoms with Crippen molar-refractivity contribution in [2.75, 3.05) is 0 Å². The SMILES string of the molecule is CC[C@H](C(=O)NC(C)C)N(Cc1cccc(C)c1)C(=O)Cc1c(F)cccc1Cl. The summed E-state index contributed by atoms with van der Waals surface area (Å²) in [7, 11) is 0. The molecule has 2 aromatic rings. The molecule has 2 aromatic carbocycles. The van der Waals surface area contributed by atoms with Gasteiger partial charge in [0, 0.05) is 23.2 Å². The van der Waals surface area contributed by atoms with Crippen LogP contribution in [0.15, 0.2) is 42.5 Å². The third-order valence-corrected chi connectivity index (χ3v) is 5.00. The average Bonchev–Trinajstić information content (AvgIpc) is 2.64. The molecule has 0 fully saturated rings. The number of rotatable bonds is 8. The standard InChI is InChI=1S/C23H28ClFN2O2/c1-5-21(23(29)26-15(2)3)27(14-17-9-6-8-16(4)12-17)22(28)13-18-19(24)10-7-11-20(18)25/h6-12,15,21H,5,13-14H2,1-4H3,(H,26,29)/t21-/m1/s1. The van der Waals surface area contributed by atoms with Crippen LogP contribution < -0.4 is 5.32 Å². The second kappa shape index (κ2) is 10.4. The summed E-state index contributed by atoms with van der Waals surface area (Å²) < 4.78 is 14.2. The number of hydrogen-bond acceptors (Lipinski definition) is 2. The first-order valence-corrected chi connectivity index (χ1v) is 10.2. The zero-order valence-corrected chi connectivity index (χ0v) is 18.1. The van der Waals surface area contributed by atoms with Crippen molar-refractivity contribution in [1.82, 2.24) is 10.2 Å². The fourth-order valence-corrected chi connectivity index (χ4v) is 3.49. The van der Waals surface area contributed by atoms with Crippen LogP contribution in [0.1, 0.15) is 43.9 Å². The molecule has 0 saturated heterocycles. The Balaban J connectivity index is 2.36.